The molecule has 1 unspecified atom stereocenters. The molecular weight excluding hydrogens is 434 g/mol. The Morgan fingerprint density at radius 1 is 1.23 bits per heavy atom. The summed E-state index contributed by atoms with van der Waals surface area (Å²) in [5, 5.41) is 4.68. The fourth-order valence-corrected chi connectivity index (χ4v) is 3.79. The van der Waals surface area contributed by atoms with Crippen LogP contribution in [0.5, 0.6) is 5.75 Å². The van der Waals surface area contributed by atoms with E-state index < -0.39 is 0 Å². The van der Waals surface area contributed by atoms with E-state index in [1.807, 2.05) is 30.3 Å². The molecule has 4 nitrogen and oxygen atoms in total. The predicted octanol–water partition coefficient (Wildman–Crippen LogP) is 5.02. The van der Waals surface area contributed by atoms with E-state index >= 15 is 0 Å². The van der Waals surface area contributed by atoms with Crippen LogP contribution in [0, 0.1) is 0 Å². The number of anilines is 2. The van der Waals surface area contributed by atoms with Crippen molar-refractivity contribution >= 4 is 56.2 Å². The third-order valence-corrected chi connectivity index (χ3v) is 6.08. The van der Waals surface area contributed by atoms with Gasteiger partial charge in [-0.05, 0) is 77.5 Å². The Balaban J connectivity index is 1.61. The molecule has 3 rings (SSSR count). The molecular formula is C19H21BrClN3OS. The van der Waals surface area contributed by atoms with E-state index in [4.69, 9.17) is 28.6 Å². The van der Waals surface area contributed by atoms with Crippen molar-refractivity contribution in [3.8, 4) is 5.75 Å². The van der Waals surface area contributed by atoms with Crippen LogP contribution in [0.3, 0.4) is 0 Å². The fraction of sp³-hybridized carbons (Fsp3) is 0.316. The molecule has 1 heterocycles. The second-order valence-corrected chi connectivity index (χ2v) is 7.89. The van der Waals surface area contributed by atoms with Gasteiger partial charge in [-0.25, -0.2) is 0 Å². The molecule has 0 aliphatic carbocycles. The van der Waals surface area contributed by atoms with Crippen LogP contribution < -0.4 is 15.0 Å². The summed E-state index contributed by atoms with van der Waals surface area (Å²) in [5.74, 6) is 0.874. The summed E-state index contributed by atoms with van der Waals surface area (Å²) in [4.78, 5) is 4.60. The van der Waals surface area contributed by atoms with Crippen molar-refractivity contribution in [1.82, 2.24) is 4.90 Å². The Morgan fingerprint density at radius 3 is 2.58 bits per heavy atom. The Morgan fingerprint density at radius 2 is 1.96 bits per heavy atom. The Labute approximate surface area is 173 Å². The van der Waals surface area contributed by atoms with E-state index in [0.717, 1.165) is 40.7 Å². The average molecular weight is 455 g/mol. The number of hydrogen-bond donors (Lipinski definition) is 1. The quantitative estimate of drug-likeness (QED) is 0.658. The van der Waals surface area contributed by atoms with E-state index in [0.29, 0.717) is 11.1 Å². The molecule has 2 aromatic carbocycles. The summed E-state index contributed by atoms with van der Waals surface area (Å²) >= 11 is 15.2. The van der Waals surface area contributed by atoms with Gasteiger partial charge in [-0.2, -0.15) is 0 Å². The van der Waals surface area contributed by atoms with Gasteiger partial charge in [0.25, 0.3) is 0 Å². The largest absolute Gasteiger partial charge is 0.497 e. The number of halogens is 2. The van der Waals surface area contributed by atoms with E-state index in [2.05, 4.69) is 50.1 Å². The summed E-state index contributed by atoms with van der Waals surface area (Å²) in [6.45, 7) is 4.86. The van der Waals surface area contributed by atoms with Gasteiger partial charge in [0.15, 0.2) is 5.11 Å². The lowest BCUT2D eigenvalue weighted by Gasteiger charge is -2.42. The van der Waals surface area contributed by atoms with Gasteiger partial charge >= 0.3 is 0 Å². The highest BCUT2D eigenvalue weighted by Gasteiger charge is 2.25. The van der Waals surface area contributed by atoms with Crippen molar-refractivity contribution in [2.45, 2.75) is 13.0 Å². The first-order valence-electron chi connectivity index (χ1n) is 8.39. The minimum absolute atomic E-state index is 0.352. The molecule has 1 N–H and O–H groups in total. The summed E-state index contributed by atoms with van der Waals surface area (Å²) in [6, 6.07) is 14.3. The SMILES string of the molecule is COc1ccc(N2CCN(C(=S)Nc3ccc(Br)c(Cl)c3)CC2C)cc1. The van der Waals surface area contributed by atoms with Crippen LogP contribution in [0.1, 0.15) is 6.92 Å². The highest BCUT2D eigenvalue weighted by atomic mass is 79.9. The number of ether oxygens (including phenoxy) is 1. The maximum absolute atomic E-state index is 6.16. The summed E-state index contributed by atoms with van der Waals surface area (Å²) in [5.41, 5.74) is 2.10. The van der Waals surface area contributed by atoms with Crippen molar-refractivity contribution in [3.63, 3.8) is 0 Å². The molecule has 0 spiro atoms. The second kappa shape index (κ2) is 8.46. The van der Waals surface area contributed by atoms with Crippen LogP contribution in [0.25, 0.3) is 0 Å². The number of benzene rings is 2. The first kappa shape index (κ1) is 19.3. The molecule has 1 fully saturated rings. The second-order valence-electron chi connectivity index (χ2n) is 6.25. The summed E-state index contributed by atoms with van der Waals surface area (Å²) in [6.07, 6.45) is 0. The summed E-state index contributed by atoms with van der Waals surface area (Å²) in [7, 11) is 1.68. The maximum atomic E-state index is 6.16. The minimum Gasteiger partial charge on any atom is -0.497 e. The molecule has 1 aliphatic rings. The first-order valence-corrected chi connectivity index (χ1v) is 9.97. The molecule has 0 bridgehead atoms. The number of nitrogens with one attached hydrogen (secondary N) is 1. The van der Waals surface area contributed by atoms with Crippen LogP contribution in [-0.4, -0.2) is 42.8 Å². The molecule has 0 saturated carbocycles. The van der Waals surface area contributed by atoms with Crippen molar-refractivity contribution in [1.29, 1.82) is 0 Å². The Hall–Kier alpha value is -1.50. The van der Waals surface area contributed by atoms with Gasteiger partial charge in [0.1, 0.15) is 5.75 Å². The molecule has 1 aliphatic heterocycles. The molecule has 1 atom stereocenters. The third-order valence-electron chi connectivity index (χ3n) is 4.49. The summed E-state index contributed by atoms with van der Waals surface area (Å²) < 4.78 is 6.11. The number of methoxy groups -OCH3 is 1. The van der Waals surface area contributed by atoms with E-state index in [1.165, 1.54) is 5.69 Å². The normalized spacial score (nSPS) is 17.2. The molecule has 7 heteroatoms. The zero-order valence-corrected chi connectivity index (χ0v) is 17.9. The Bertz CT molecular complexity index is 787. The van der Waals surface area contributed by atoms with Gasteiger partial charge < -0.3 is 19.9 Å². The number of hydrogen-bond acceptors (Lipinski definition) is 3. The third kappa shape index (κ3) is 4.42. The molecule has 0 amide bonds. The van der Waals surface area contributed by atoms with Crippen LogP contribution in [0.4, 0.5) is 11.4 Å². The van der Waals surface area contributed by atoms with Gasteiger partial charge in [-0.3, -0.25) is 0 Å². The zero-order chi connectivity index (χ0) is 18.7. The predicted molar refractivity (Wildman–Crippen MR) is 117 cm³/mol. The highest BCUT2D eigenvalue weighted by Crippen LogP contribution is 2.26. The minimum atomic E-state index is 0.352. The van der Waals surface area contributed by atoms with E-state index in [9.17, 15) is 0 Å². The van der Waals surface area contributed by atoms with Gasteiger partial charge in [-0.1, -0.05) is 11.6 Å². The fourth-order valence-electron chi connectivity index (χ4n) is 3.08. The molecule has 2 aromatic rings. The van der Waals surface area contributed by atoms with Crippen LogP contribution in [0.15, 0.2) is 46.9 Å². The first-order chi connectivity index (χ1) is 12.5. The van der Waals surface area contributed by atoms with E-state index in [1.54, 1.807) is 7.11 Å². The van der Waals surface area contributed by atoms with Gasteiger partial charge in [0.2, 0.25) is 0 Å². The van der Waals surface area contributed by atoms with E-state index in [-0.39, 0.29) is 0 Å². The van der Waals surface area contributed by atoms with Gasteiger partial charge in [0.05, 0.1) is 12.1 Å². The lowest BCUT2D eigenvalue weighted by atomic mass is 10.1. The lowest BCUT2D eigenvalue weighted by Crippen LogP contribution is -2.54. The Kier molecular flexibility index (Phi) is 6.27. The number of thiocarbonyl (C=S) groups is 1. The monoisotopic (exact) mass is 453 g/mol. The van der Waals surface area contributed by atoms with Crippen molar-refractivity contribution < 1.29 is 4.74 Å². The standard InChI is InChI=1S/C19H21BrClN3OS/c1-13-12-23(19(26)22-14-3-8-17(20)18(21)11-14)9-10-24(13)15-4-6-16(25-2)7-5-15/h3-8,11,13H,9-10,12H2,1-2H3,(H,22,26). The molecule has 0 radical (unpaired) electrons. The lowest BCUT2D eigenvalue weighted by molar-refractivity contribution is 0.342. The number of nitrogens with zero attached hydrogens (tertiary/aromatic N) is 2. The molecule has 138 valence electrons. The number of rotatable bonds is 3. The van der Waals surface area contributed by atoms with Crippen LogP contribution >= 0.6 is 39.7 Å². The van der Waals surface area contributed by atoms with Crippen molar-refractivity contribution in [2.75, 3.05) is 37.0 Å². The van der Waals surface area contributed by atoms with Crippen molar-refractivity contribution in [2.24, 2.45) is 0 Å². The maximum Gasteiger partial charge on any atom is 0.173 e. The van der Waals surface area contributed by atoms with Crippen molar-refractivity contribution in [3.05, 3.63) is 52.0 Å². The highest BCUT2D eigenvalue weighted by molar-refractivity contribution is 9.10. The zero-order valence-electron chi connectivity index (χ0n) is 14.7. The number of piperazine rings is 1. The smallest absolute Gasteiger partial charge is 0.173 e. The average Bonchev–Trinajstić information content (AvgIpc) is 2.65. The van der Waals surface area contributed by atoms with Gasteiger partial charge in [-0.15, -0.1) is 0 Å². The molecule has 0 aromatic heterocycles. The van der Waals surface area contributed by atoms with Crippen LogP contribution in [-0.2, 0) is 0 Å². The molecule has 1 saturated heterocycles. The topological polar surface area (TPSA) is 27.7 Å². The molecule has 26 heavy (non-hydrogen) atoms. The van der Waals surface area contributed by atoms with Crippen LogP contribution in [0.2, 0.25) is 5.02 Å². The van der Waals surface area contributed by atoms with Gasteiger partial charge in [0, 0.05) is 41.5 Å².